The van der Waals surface area contributed by atoms with Crippen molar-refractivity contribution in [3.8, 4) is 5.75 Å². The number of morpholine rings is 1. The minimum Gasteiger partial charge on any atom is -0.491 e. The predicted octanol–water partition coefficient (Wildman–Crippen LogP) is 0.850. The van der Waals surface area contributed by atoms with E-state index in [0.717, 1.165) is 24.4 Å². The van der Waals surface area contributed by atoms with Gasteiger partial charge in [0.05, 0.1) is 6.10 Å². The second-order valence-electron chi connectivity index (χ2n) is 4.88. The van der Waals surface area contributed by atoms with Crippen LogP contribution in [0.4, 0.5) is 0 Å². The number of aryl methyl sites for hydroxylation is 1. The van der Waals surface area contributed by atoms with Crippen LogP contribution in [0.5, 0.6) is 5.75 Å². The second kappa shape index (κ2) is 6.04. The lowest BCUT2D eigenvalue weighted by molar-refractivity contribution is -0.0470. The fraction of sp³-hybridized carbons (Fsp3) is 0.500. The highest BCUT2D eigenvalue weighted by Gasteiger charge is 2.19. The number of hydrogen-bond donors (Lipinski definition) is 2. The van der Waals surface area contributed by atoms with E-state index in [4.69, 9.17) is 15.2 Å². The molecule has 1 fully saturated rings. The number of nitrogens with two attached hydrogens (primary N) is 1. The highest BCUT2D eigenvalue weighted by atomic mass is 16.5. The number of amides is 1. The van der Waals surface area contributed by atoms with E-state index in [0.29, 0.717) is 12.2 Å². The lowest BCUT2D eigenvalue weighted by atomic mass is 10.1. The maximum absolute atomic E-state index is 11.1. The maximum atomic E-state index is 11.1. The molecule has 1 aliphatic rings. The van der Waals surface area contributed by atoms with Crippen LogP contribution in [0.1, 0.15) is 22.8 Å². The Kier molecular flexibility index (Phi) is 4.39. The van der Waals surface area contributed by atoms with Gasteiger partial charge in [0, 0.05) is 18.7 Å². The number of carbonyl (C=O) groups excluding carboxylic acids is 1. The Labute approximate surface area is 113 Å². The van der Waals surface area contributed by atoms with Crippen molar-refractivity contribution >= 4 is 5.91 Å². The molecule has 2 rings (SSSR count). The van der Waals surface area contributed by atoms with Crippen LogP contribution in [0.25, 0.3) is 0 Å². The Morgan fingerprint density at radius 3 is 2.95 bits per heavy atom. The topological polar surface area (TPSA) is 73.6 Å². The van der Waals surface area contributed by atoms with E-state index < -0.39 is 5.91 Å². The third-order valence-electron chi connectivity index (χ3n) is 3.13. The van der Waals surface area contributed by atoms with E-state index >= 15 is 0 Å². The fourth-order valence-corrected chi connectivity index (χ4v) is 2.16. The summed E-state index contributed by atoms with van der Waals surface area (Å²) in [6, 6.07) is 5.27. The van der Waals surface area contributed by atoms with Crippen molar-refractivity contribution in [1.82, 2.24) is 5.32 Å². The van der Waals surface area contributed by atoms with E-state index in [-0.39, 0.29) is 12.2 Å². The van der Waals surface area contributed by atoms with Gasteiger partial charge in [-0.25, -0.2) is 0 Å². The highest BCUT2D eigenvalue weighted by molar-refractivity contribution is 5.94. The van der Waals surface area contributed by atoms with Crippen LogP contribution in [0.2, 0.25) is 0 Å². The van der Waals surface area contributed by atoms with E-state index in [9.17, 15) is 4.79 Å². The van der Waals surface area contributed by atoms with Crippen molar-refractivity contribution in [1.29, 1.82) is 0 Å². The molecule has 1 aliphatic heterocycles. The van der Waals surface area contributed by atoms with Gasteiger partial charge in [0.2, 0.25) is 5.91 Å². The molecule has 1 saturated heterocycles. The Morgan fingerprint density at radius 1 is 1.53 bits per heavy atom. The van der Waals surface area contributed by atoms with E-state index in [1.807, 2.05) is 19.9 Å². The molecular formula is C14H20N2O3. The molecule has 2 unspecified atom stereocenters. The average Bonchev–Trinajstić information content (AvgIpc) is 2.36. The average molecular weight is 264 g/mol. The molecule has 0 aromatic heterocycles. The SMILES string of the molecule is Cc1cc(OCC2CNCC(C)O2)ccc1C(N)=O. The zero-order chi connectivity index (χ0) is 13.8. The van der Waals surface area contributed by atoms with Crippen LogP contribution in [0.3, 0.4) is 0 Å². The molecule has 0 radical (unpaired) electrons. The van der Waals surface area contributed by atoms with Crippen molar-refractivity contribution in [2.45, 2.75) is 26.1 Å². The minimum atomic E-state index is -0.419. The first-order valence-electron chi connectivity index (χ1n) is 6.45. The zero-order valence-corrected chi connectivity index (χ0v) is 11.3. The molecule has 2 atom stereocenters. The van der Waals surface area contributed by atoms with Crippen LogP contribution >= 0.6 is 0 Å². The molecule has 1 heterocycles. The van der Waals surface area contributed by atoms with Gasteiger partial charge in [-0.05, 0) is 37.6 Å². The first-order valence-corrected chi connectivity index (χ1v) is 6.45. The van der Waals surface area contributed by atoms with E-state index in [2.05, 4.69) is 5.32 Å². The first kappa shape index (κ1) is 13.8. The number of nitrogens with one attached hydrogen (secondary N) is 1. The van der Waals surface area contributed by atoms with Crippen LogP contribution in [-0.4, -0.2) is 37.8 Å². The van der Waals surface area contributed by atoms with Crippen molar-refractivity contribution in [2.24, 2.45) is 5.73 Å². The van der Waals surface area contributed by atoms with Gasteiger partial charge < -0.3 is 20.5 Å². The quantitative estimate of drug-likeness (QED) is 0.845. The monoisotopic (exact) mass is 264 g/mol. The van der Waals surface area contributed by atoms with Gasteiger partial charge in [-0.15, -0.1) is 0 Å². The van der Waals surface area contributed by atoms with Crippen LogP contribution in [0.15, 0.2) is 18.2 Å². The molecule has 5 nitrogen and oxygen atoms in total. The molecule has 19 heavy (non-hydrogen) atoms. The number of hydrogen-bond acceptors (Lipinski definition) is 4. The third kappa shape index (κ3) is 3.68. The Hall–Kier alpha value is -1.59. The summed E-state index contributed by atoms with van der Waals surface area (Å²) in [5, 5.41) is 3.29. The normalized spacial score (nSPS) is 23.1. The summed E-state index contributed by atoms with van der Waals surface area (Å²) in [5.41, 5.74) is 6.61. The molecule has 1 aromatic carbocycles. The maximum Gasteiger partial charge on any atom is 0.248 e. The minimum absolute atomic E-state index is 0.0554. The highest BCUT2D eigenvalue weighted by Crippen LogP contribution is 2.17. The molecule has 1 aromatic rings. The van der Waals surface area contributed by atoms with E-state index in [1.54, 1.807) is 12.1 Å². The second-order valence-corrected chi connectivity index (χ2v) is 4.88. The number of carbonyl (C=O) groups is 1. The molecule has 0 saturated carbocycles. The Bertz CT molecular complexity index is 462. The largest absolute Gasteiger partial charge is 0.491 e. The lowest BCUT2D eigenvalue weighted by Gasteiger charge is -2.28. The number of primary amides is 1. The Morgan fingerprint density at radius 2 is 2.32 bits per heavy atom. The standard InChI is InChI=1S/C14H20N2O3/c1-9-5-11(3-4-13(9)14(15)17)18-8-12-7-16-6-10(2)19-12/h3-5,10,12,16H,6-8H2,1-2H3,(H2,15,17). The third-order valence-corrected chi connectivity index (χ3v) is 3.13. The first-order chi connectivity index (χ1) is 9.06. The van der Waals surface area contributed by atoms with Crippen molar-refractivity contribution in [3.63, 3.8) is 0 Å². The van der Waals surface area contributed by atoms with Crippen LogP contribution in [-0.2, 0) is 4.74 Å². The number of ether oxygens (including phenoxy) is 2. The van der Waals surface area contributed by atoms with Crippen molar-refractivity contribution in [3.05, 3.63) is 29.3 Å². The van der Waals surface area contributed by atoms with Gasteiger partial charge in [-0.2, -0.15) is 0 Å². The Balaban J connectivity index is 1.92. The molecule has 3 N–H and O–H groups in total. The van der Waals surface area contributed by atoms with Gasteiger partial charge in [-0.3, -0.25) is 4.79 Å². The number of benzene rings is 1. The molecule has 1 amide bonds. The van der Waals surface area contributed by atoms with Crippen LogP contribution in [0, 0.1) is 6.92 Å². The number of rotatable bonds is 4. The van der Waals surface area contributed by atoms with Crippen molar-refractivity contribution in [2.75, 3.05) is 19.7 Å². The molecule has 0 spiro atoms. The summed E-state index contributed by atoms with van der Waals surface area (Å²) in [5.74, 6) is 0.307. The molecular weight excluding hydrogens is 244 g/mol. The summed E-state index contributed by atoms with van der Waals surface area (Å²) in [6.07, 6.45) is 0.265. The van der Waals surface area contributed by atoms with Gasteiger partial charge in [0.1, 0.15) is 18.5 Å². The van der Waals surface area contributed by atoms with Gasteiger partial charge in [0.25, 0.3) is 0 Å². The smallest absolute Gasteiger partial charge is 0.248 e. The molecule has 104 valence electrons. The van der Waals surface area contributed by atoms with E-state index in [1.165, 1.54) is 0 Å². The fourth-order valence-electron chi connectivity index (χ4n) is 2.16. The lowest BCUT2D eigenvalue weighted by Crippen LogP contribution is -2.45. The summed E-state index contributed by atoms with van der Waals surface area (Å²) in [6.45, 7) is 6.04. The van der Waals surface area contributed by atoms with Gasteiger partial charge in [-0.1, -0.05) is 0 Å². The molecule has 5 heteroatoms. The summed E-state index contributed by atoms with van der Waals surface area (Å²) in [4.78, 5) is 11.1. The summed E-state index contributed by atoms with van der Waals surface area (Å²) < 4.78 is 11.4. The van der Waals surface area contributed by atoms with Crippen molar-refractivity contribution < 1.29 is 14.3 Å². The molecule has 0 aliphatic carbocycles. The summed E-state index contributed by atoms with van der Waals surface area (Å²) >= 11 is 0. The predicted molar refractivity (Wildman–Crippen MR) is 72.4 cm³/mol. The summed E-state index contributed by atoms with van der Waals surface area (Å²) in [7, 11) is 0. The zero-order valence-electron chi connectivity index (χ0n) is 11.3. The van der Waals surface area contributed by atoms with Gasteiger partial charge >= 0.3 is 0 Å². The van der Waals surface area contributed by atoms with Crippen LogP contribution < -0.4 is 15.8 Å². The van der Waals surface area contributed by atoms with Gasteiger partial charge in [0.15, 0.2) is 0 Å². The molecule has 0 bridgehead atoms.